The molecule has 1 unspecified atom stereocenters. The number of nitrogen functional groups attached to an aromatic ring is 1. The number of anilines is 1. The zero-order valence-electron chi connectivity index (χ0n) is 11.8. The summed E-state index contributed by atoms with van der Waals surface area (Å²) in [5.74, 6) is -0.332. The lowest BCUT2D eigenvalue weighted by molar-refractivity contribution is 0.611. The molecule has 0 fully saturated rings. The van der Waals surface area contributed by atoms with Crippen LogP contribution in [0.2, 0.25) is 0 Å². The molecule has 3 aromatic rings. The van der Waals surface area contributed by atoms with E-state index in [1.54, 1.807) is 23.6 Å². The van der Waals surface area contributed by atoms with Crippen LogP contribution in [0.1, 0.15) is 24.1 Å². The predicted molar refractivity (Wildman–Crippen MR) is 79.1 cm³/mol. The van der Waals surface area contributed by atoms with Crippen molar-refractivity contribution in [2.24, 2.45) is 0 Å². The van der Waals surface area contributed by atoms with Crippen LogP contribution < -0.4 is 5.73 Å². The van der Waals surface area contributed by atoms with Gasteiger partial charge in [-0.05, 0) is 43.2 Å². The van der Waals surface area contributed by atoms with Crippen molar-refractivity contribution in [1.82, 2.24) is 9.55 Å². The molecule has 1 atom stereocenters. The average molecular weight is 287 g/mol. The van der Waals surface area contributed by atoms with Crippen LogP contribution in [0.4, 0.5) is 14.7 Å². The highest BCUT2D eigenvalue weighted by Crippen LogP contribution is 2.29. The van der Waals surface area contributed by atoms with E-state index < -0.39 is 0 Å². The van der Waals surface area contributed by atoms with Crippen LogP contribution in [0, 0.1) is 18.6 Å². The van der Waals surface area contributed by atoms with Gasteiger partial charge in [-0.25, -0.2) is 13.8 Å². The van der Waals surface area contributed by atoms with Crippen LogP contribution in [-0.4, -0.2) is 9.55 Å². The van der Waals surface area contributed by atoms with Gasteiger partial charge in [0.15, 0.2) is 0 Å². The Balaban J connectivity index is 2.19. The number of halogens is 2. The minimum Gasteiger partial charge on any atom is -0.369 e. The summed E-state index contributed by atoms with van der Waals surface area (Å²) < 4.78 is 28.8. The van der Waals surface area contributed by atoms with E-state index in [0.29, 0.717) is 11.1 Å². The Hall–Kier alpha value is -2.43. The first-order chi connectivity index (χ1) is 9.97. The van der Waals surface area contributed by atoms with Crippen molar-refractivity contribution in [3.8, 4) is 0 Å². The van der Waals surface area contributed by atoms with Gasteiger partial charge in [0.1, 0.15) is 11.6 Å². The van der Waals surface area contributed by atoms with E-state index in [4.69, 9.17) is 5.73 Å². The van der Waals surface area contributed by atoms with E-state index in [1.165, 1.54) is 18.2 Å². The molecule has 3 rings (SSSR count). The van der Waals surface area contributed by atoms with Gasteiger partial charge >= 0.3 is 0 Å². The number of benzene rings is 2. The van der Waals surface area contributed by atoms with Crippen molar-refractivity contribution in [1.29, 1.82) is 0 Å². The molecule has 2 N–H and O–H groups in total. The summed E-state index contributed by atoms with van der Waals surface area (Å²) in [7, 11) is 0. The van der Waals surface area contributed by atoms with Gasteiger partial charge in [0.2, 0.25) is 5.95 Å². The summed E-state index contributed by atoms with van der Waals surface area (Å²) in [4.78, 5) is 4.19. The molecule has 2 aromatic carbocycles. The highest BCUT2D eigenvalue weighted by molar-refractivity contribution is 5.79. The third kappa shape index (κ3) is 2.24. The van der Waals surface area contributed by atoms with E-state index >= 15 is 0 Å². The Morgan fingerprint density at radius 1 is 1.19 bits per heavy atom. The monoisotopic (exact) mass is 287 g/mol. The number of hydrogen-bond donors (Lipinski definition) is 1. The number of aryl methyl sites for hydroxylation is 1. The van der Waals surface area contributed by atoms with Crippen molar-refractivity contribution in [3.63, 3.8) is 0 Å². The number of nitrogens with two attached hydrogens (primary N) is 1. The summed E-state index contributed by atoms with van der Waals surface area (Å²) in [5, 5.41) is 0. The quantitative estimate of drug-likeness (QED) is 0.778. The van der Waals surface area contributed by atoms with Gasteiger partial charge in [-0.15, -0.1) is 0 Å². The maximum absolute atomic E-state index is 13.6. The van der Waals surface area contributed by atoms with Gasteiger partial charge in [-0.2, -0.15) is 0 Å². The van der Waals surface area contributed by atoms with E-state index in [0.717, 1.165) is 11.1 Å². The van der Waals surface area contributed by atoms with Crippen LogP contribution in [-0.2, 0) is 0 Å². The average Bonchev–Trinajstić information content (AvgIpc) is 2.74. The smallest absolute Gasteiger partial charge is 0.201 e. The molecule has 0 aliphatic heterocycles. The molecule has 1 aromatic heterocycles. The minimum absolute atomic E-state index is 0.199. The number of aromatic nitrogens is 2. The number of fused-ring (bicyclic) bond motifs is 1. The summed E-state index contributed by atoms with van der Waals surface area (Å²) in [5.41, 5.74) is 8.51. The minimum atomic E-state index is -0.314. The number of hydrogen-bond acceptors (Lipinski definition) is 2. The molecule has 5 heteroatoms. The molecule has 0 radical (unpaired) electrons. The molecule has 0 aliphatic rings. The van der Waals surface area contributed by atoms with E-state index in [1.807, 2.05) is 13.0 Å². The van der Waals surface area contributed by atoms with E-state index in [2.05, 4.69) is 4.98 Å². The zero-order chi connectivity index (χ0) is 15.1. The van der Waals surface area contributed by atoms with Crippen molar-refractivity contribution in [2.75, 3.05) is 5.73 Å². The lowest BCUT2D eigenvalue weighted by atomic mass is 10.1. The van der Waals surface area contributed by atoms with Gasteiger partial charge in [0.25, 0.3) is 0 Å². The molecule has 0 bridgehead atoms. The third-order valence-electron chi connectivity index (χ3n) is 3.72. The molecule has 3 nitrogen and oxygen atoms in total. The van der Waals surface area contributed by atoms with Crippen LogP contribution in [0.3, 0.4) is 0 Å². The molecular formula is C16H15F2N3. The summed E-state index contributed by atoms with van der Waals surface area (Å²) in [6, 6.07) is 9.23. The lowest BCUT2D eigenvalue weighted by Gasteiger charge is -2.16. The Bertz CT molecular complexity index is 824. The summed E-state index contributed by atoms with van der Waals surface area (Å²) in [6.07, 6.45) is 0. The second kappa shape index (κ2) is 4.84. The molecule has 0 saturated carbocycles. The number of nitrogens with zero attached hydrogens (tertiary/aromatic N) is 2. The second-order valence-electron chi connectivity index (χ2n) is 5.16. The number of rotatable bonds is 2. The van der Waals surface area contributed by atoms with Crippen LogP contribution in [0.15, 0.2) is 36.4 Å². The Kier molecular flexibility index (Phi) is 3.12. The van der Waals surface area contributed by atoms with E-state index in [-0.39, 0.29) is 23.6 Å². The molecule has 0 amide bonds. The lowest BCUT2D eigenvalue weighted by Crippen LogP contribution is -2.10. The SMILES string of the molecule is Cc1cc2c(cc1F)nc(N)n2C(C)c1cccc(F)c1. The van der Waals surface area contributed by atoms with Gasteiger partial charge in [-0.1, -0.05) is 12.1 Å². The van der Waals surface area contributed by atoms with Gasteiger partial charge in [0.05, 0.1) is 17.1 Å². The Morgan fingerprint density at radius 2 is 1.95 bits per heavy atom. The van der Waals surface area contributed by atoms with Crippen LogP contribution in [0.25, 0.3) is 11.0 Å². The van der Waals surface area contributed by atoms with Gasteiger partial charge < -0.3 is 10.3 Å². The molecular weight excluding hydrogens is 272 g/mol. The molecule has 21 heavy (non-hydrogen) atoms. The van der Waals surface area contributed by atoms with Gasteiger partial charge in [0, 0.05) is 6.07 Å². The highest BCUT2D eigenvalue weighted by atomic mass is 19.1. The van der Waals surface area contributed by atoms with Crippen molar-refractivity contribution < 1.29 is 8.78 Å². The molecule has 0 aliphatic carbocycles. The zero-order valence-corrected chi connectivity index (χ0v) is 11.8. The second-order valence-corrected chi connectivity index (χ2v) is 5.16. The van der Waals surface area contributed by atoms with E-state index in [9.17, 15) is 8.78 Å². The maximum atomic E-state index is 13.6. The molecule has 108 valence electrons. The molecule has 0 saturated heterocycles. The van der Waals surface area contributed by atoms with Crippen LogP contribution >= 0.6 is 0 Å². The standard InChI is InChI=1S/C16H15F2N3/c1-9-6-15-14(8-13(9)18)20-16(19)21(15)10(2)11-4-3-5-12(17)7-11/h3-8,10H,1-2H3,(H2,19,20). The Morgan fingerprint density at radius 3 is 2.67 bits per heavy atom. The van der Waals surface area contributed by atoms with Gasteiger partial charge in [-0.3, -0.25) is 0 Å². The first-order valence-corrected chi connectivity index (χ1v) is 6.66. The normalized spacial score (nSPS) is 12.8. The topological polar surface area (TPSA) is 43.8 Å². The molecule has 1 heterocycles. The largest absolute Gasteiger partial charge is 0.369 e. The third-order valence-corrected chi connectivity index (χ3v) is 3.72. The summed E-state index contributed by atoms with van der Waals surface area (Å²) >= 11 is 0. The first kappa shape index (κ1) is 13.5. The fourth-order valence-corrected chi connectivity index (χ4v) is 2.56. The fourth-order valence-electron chi connectivity index (χ4n) is 2.56. The van der Waals surface area contributed by atoms with Crippen molar-refractivity contribution in [2.45, 2.75) is 19.9 Å². The van der Waals surface area contributed by atoms with Crippen molar-refractivity contribution >= 4 is 17.0 Å². The number of imidazole rings is 1. The molecule has 0 spiro atoms. The fraction of sp³-hybridized carbons (Fsp3) is 0.188. The highest BCUT2D eigenvalue weighted by Gasteiger charge is 2.17. The predicted octanol–water partition coefficient (Wildman–Crippen LogP) is 3.81. The van der Waals surface area contributed by atoms with Crippen molar-refractivity contribution in [3.05, 3.63) is 59.2 Å². The Labute approximate surface area is 121 Å². The maximum Gasteiger partial charge on any atom is 0.201 e. The van der Waals surface area contributed by atoms with Crippen LogP contribution in [0.5, 0.6) is 0 Å². The first-order valence-electron chi connectivity index (χ1n) is 6.66. The summed E-state index contributed by atoms with van der Waals surface area (Å²) in [6.45, 7) is 3.60.